The molecule has 1 N–H and O–H groups in total. The predicted molar refractivity (Wildman–Crippen MR) is 91.5 cm³/mol. The standard InChI is InChI=1S/C18H17ClN2O/c1-12-3-6-17-14(9-12)7-8-21(17)11-18(22)20-15-5-4-13(2)16(19)10-15/h3-10H,11H2,1-2H3,(H,20,22). The molecule has 4 heteroatoms. The smallest absolute Gasteiger partial charge is 0.244 e. The molecule has 0 saturated heterocycles. The molecule has 3 aromatic rings. The van der Waals surface area contributed by atoms with Gasteiger partial charge in [0, 0.05) is 22.4 Å². The summed E-state index contributed by atoms with van der Waals surface area (Å²) in [7, 11) is 0. The highest BCUT2D eigenvalue weighted by atomic mass is 35.5. The van der Waals surface area contributed by atoms with Crippen molar-refractivity contribution in [2.75, 3.05) is 5.32 Å². The first-order valence-electron chi connectivity index (χ1n) is 7.14. The van der Waals surface area contributed by atoms with Crippen molar-refractivity contribution < 1.29 is 4.79 Å². The number of aromatic nitrogens is 1. The lowest BCUT2D eigenvalue weighted by Gasteiger charge is -2.09. The zero-order chi connectivity index (χ0) is 15.7. The highest BCUT2D eigenvalue weighted by Gasteiger charge is 2.07. The average Bonchev–Trinajstić information content (AvgIpc) is 2.85. The second kappa shape index (κ2) is 5.85. The molecule has 1 heterocycles. The fraction of sp³-hybridized carbons (Fsp3) is 0.167. The molecule has 0 aliphatic heterocycles. The van der Waals surface area contributed by atoms with Crippen LogP contribution in [0.4, 0.5) is 5.69 Å². The molecule has 2 aromatic carbocycles. The fourth-order valence-corrected chi connectivity index (χ4v) is 2.66. The number of nitrogens with zero attached hydrogens (tertiary/aromatic N) is 1. The summed E-state index contributed by atoms with van der Waals surface area (Å²) in [6.07, 6.45) is 1.94. The first kappa shape index (κ1) is 14.7. The Morgan fingerprint density at radius 1 is 1.14 bits per heavy atom. The van der Waals surface area contributed by atoms with E-state index in [0.29, 0.717) is 10.7 Å². The summed E-state index contributed by atoms with van der Waals surface area (Å²) in [5, 5.41) is 4.68. The van der Waals surface area contributed by atoms with Crippen molar-refractivity contribution in [3.63, 3.8) is 0 Å². The van der Waals surface area contributed by atoms with Crippen molar-refractivity contribution in [2.45, 2.75) is 20.4 Å². The van der Waals surface area contributed by atoms with Crippen LogP contribution in [-0.2, 0) is 11.3 Å². The van der Waals surface area contributed by atoms with Crippen LogP contribution < -0.4 is 5.32 Å². The molecule has 0 unspecified atom stereocenters. The molecular formula is C18H17ClN2O. The third-order valence-corrected chi connectivity index (χ3v) is 4.10. The van der Waals surface area contributed by atoms with Gasteiger partial charge in [-0.05, 0) is 55.1 Å². The molecule has 0 spiro atoms. The van der Waals surface area contributed by atoms with Crippen LogP contribution in [0.2, 0.25) is 5.02 Å². The summed E-state index contributed by atoms with van der Waals surface area (Å²) in [4.78, 5) is 12.2. The van der Waals surface area contributed by atoms with Gasteiger partial charge in [0.1, 0.15) is 6.54 Å². The van der Waals surface area contributed by atoms with Gasteiger partial charge in [0.15, 0.2) is 0 Å². The minimum absolute atomic E-state index is 0.0713. The van der Waals surface area contributed by atoms with Crippen molar-refractivity contribution in [1.82, 2.24) is 4.57 Å². The minimum atomic E-state index is -0.0713. The number of rotatable bonds is 3. The molecule has 0 aliphatic carbocycles. The normalized spacial score (nSPS) is 10.9. The number of carbonyl (C=O) groups excluding carboxylic acids is 1. The number of benzene rings is 2. The third kappa shape index (κ3) is 3.00. The van der Waals surface area contributed by atoms with Gasteiger partial charge < -0.3 is 9.88 Å². The number of amides is 1. The SMILES string of the molecule is Cc1ccc2c(ccn2CC(=O)Nc2ccc(C)c(Cl)c2)c1. The molecule has 0 fully saturated rings. The molecule has 3 rings (SSSR count). The van der Waals surface area contributed by atoms with E-state index >= 15 is 0 Å². The second-order valence-electron chi connectivity index (χ2n) is 5.52. The predicted octanol–water partition coefficient (Wildman–Crippen LogP) is 4.55. The topological polar surface area (TPSA) is 34.0 Å². The molecule has 112 valence electrons. The summed E-state index contributed by atoms with van der Waals surface area (Å²) in [6.45, 7) is 4.27. The summed E-state index contributed by atoms with van der Waals surface area (Å²) in [5.74, 6) is -0.0713. The number of fused-ring (bicyclic) bond motifs is 1. The van der Waals surface area contributed by atoms with Crippen LogP contribution in [-0.4, -0.2) is 10.5 Å². The van der Waals surface area contributed by atoms with Crippen LogP contribution in [0.5, 0.6) is 0 Å². The molecule has 0 aliphatic rings. The Labute approximate surface area is 134 Å². The molecule has 0 bridgehead atoms. The molecular weight excluding hydrogens is 296 g/mol. The maximum atomic E-state index is 12.2. The molecule has 1 amide bonds. The molecule has 0 saturated carbocycles. The van der Waals surface area contributed by atoms with Crippen LogP contribution in [0.1, 0.15) is 11.1 Å². The van der Waals surface area contributed by atoms with E-state index in [1.54, 1.807) is 6.07 Å². The maximum absolute atomic E-state index is 12.2. The highest BCUT2D eigenvalue weighted by Crippen LogP contribution is 2.21. The van der Waals surface area contributed by atoms with Gasteiger partial charge >= 0.3 is 0 Å². The number of hydrogen-bond acceptors (Lipinski definition) is 1. The molecule has 1 aromatic heterocycles. The van der Waals surface area contributed by atoms with E-state index in [1.165, 1.54) is 5.56 Å². The Bertz CT molecular complexity index is 851. The van der Waals surface area contributed by atoms with Crippen molar-refractivity contribution in [3.8, 4) is 0 Å². The highest BCUT2D eigenvalue weighted by molar-refractivity contribution is 6.31. The van der Waals surface area contributed by atoms with Gasteiger partial charge in [0.05, 0.1) is 0 Å². The quantitative estimate of drug-likeness (QED) is 0.756. The largest absolute Gasteiger partial charge is 0.338 e. The zero-order valence-corrected chi connectivity index (χ0v) is 13.3. The summed E-state index contributed by atoms with van der Waals surface area (Å²) < 4.78 is 1.94. The van der Waals surface area contributed by atoms with Gasteiger partial charge in [0.2, 0.25) is 5.91 Å². The first-order valence-corrected chi connectivity index (χ1v) is 7.52. The number of hydrogen-bond donors (Lipinski definition) is 1. The number of nitrogens with one attached hydrogen (secondary N) is 1. The van der Waals surface area contributed by atoms with Crippen molar-refractivity contribution >= 4 is 34.1 Å². The van der Waals surface area contributed by atoms with Crippen LogP contribution >= 0.6 is 11.6 Å². The first-order chi connectivity index (χ1) is 10.5. The monoisotopic (exact) mass is 312 g/mol. The number of halogens is 1. The number of carbonyl (C=O) groups is 1. The van der Waals surface area contributed by atoms with Crippen LogP contribution in [0, 0.1) is 13.8 Å². The Morgan fingerprint density at radius 2 is 1.95 bits per heavy atom. The van der Waals surface area contributed by atoms with E-state index in [4.69, 9.17) is 11.6 Å². The average molecular weight is 313 g/mol. The van der Waals surface area contributed by atoms with Gasteiger partial charge in [0.25, 0.3) is 0 Å². The van der Waals surface area contributed by atoms with Crippen molar-refractivity contribution in [2.24, 2.45) is 0 Å². The van der Waals surface area contributed by atoms with Crippen molar-refractivity contribution in [1.29, 1.82) is 0 Å². The van der Waals surface area contributed by atoms with E-state index in [2.05, 4.69) is 24.4 Å². The van der Waals surface area contributed by atoms with Gasteiger partial charge in [-0.3, -0.25) is 4.79 Å². The van der Waals surface area contributed by atoms with Crippen molar-refractivity contribution in [3.05, 3.63) is 64.8 Å². The van der Waals surface area contributed by atoms with E-state index < -0.39 is 0 Å². The summed E-state index contributed by atoms with van der Waals surface area (Å²) >= 11 is 6.08. The lowest BCUT2D eigenvalue weighted by molar-refractivity contribution is -0.116. The summed E-state index contributed by atoms with van der Waals surface area (Å²) in [6, 6.07) is 13.8. The Morgan fingerprint density at radius 3 is 2.73 bits per heavy atom. The molecule has 0 atom stereocenters. The minimum Gasteiger partial charge on any atom is -0.338 e. The maximum Gasteiger partial charge on any atom is 0.244 e. The van der Waals surface area contributed by atoms with E-state index in [1.807, 2.05) is 42.0 Å². The summed E-state index contributed by atoms with van der Waals surface area (Å²) in [5.41, 5.74) is 3.98. The van der Waals surface area contributed by atoms with Crippen LogP contribution in [0.25, 0.3) is 10.9 Å². The van der Waals surface area contributed by atoms with Crippen LogP contribution in [0.3, 0.4) is 0 Å². The third-order valence-electron chi connectivity index (χ3n) is 3.70. The molecule has 0 radical (unpaired) electrons. The lowest BCUT2D eigenvalue weighted by Crippen LogP contribution is -2.18. The van der Waals surface area contributed by atoms with Gasteiger partial charge in [-0.25, -0.2) is 0 Å². The van der Waals surface area contributed by atoms with Gasteiger partial charge in [-0.1, -0.05) is 29.3 Å². The number of anilines is 1. The second-order valence-corrected chi connectivity index (χ2v) is 5.93. The van der Waals surface area contributed by atoms with E-state index in [0.717, 1.165) is 16.5 Å². The zero-order valence-electron chi connectivity index (χ0n) is 12.6. The van der Waals surface area contributed by atoms with Gasteiger partial charge in [-0.15, -0.1) is 0 Å². The Kier molecular flexibility index (Phi) is 3.90. The van der Waals surface area contributed by atoms with Crippen LogP contribution in [0.15, 0.2) is 48.7 Å². The number of aryl methyl sites for hydroxylation is 2. The Hall–Kier alpha value is -2.26. The van der Waals surface area contributed by atoms with Gasteiger partial charge in [-0.2, -0.15) is 0 Å². The van der Waals surface area contributed by atoms with E-state index in [9.17, 15) is 4.79 Å². The van der Waals surface area contributed by atoms with E-state index in [-0.39, 0.29) is 12.5 Å². The Balaban J connectivity index is 1.76. The fourth-order valence-electron chi connectivity index (χ4n) is 2.48. The lowest BCUT2D eigenvalue weighted by atomic mass is 10.2. The molecule has 3 nitrogen and oxygen atoms in total. The molecule has 22 heavy (non-hydrogen) atoms.